The van der Waals surface area contributed by atoms with Gasteiger partial charge in [0.1, 0.15) is 0 Å². The molecule has 2 aromatic carbocycles. The smallest absolute Gasteiger partial charge is 0.0458 e. The molecule has 0 saturated carbocycles. The van der Waals surface area contributed by atoms with E-state index in [0.29, 0.717) is 6.54 Å². The normalized spacial score (nSPS) is 9.83. The molecule has 0 amide bonds. The quantitative estimate of drug-likeness (QED) is 0.809. The van der Waals surface area contributed by atoms with E-state index in [1.807, 2.05) is 43.3 Å². The molecule has 0 aromatic heterocycles. The van der Waals surface area contributed by atoms with E-state index in [0.717, 1.165) is 27.4 Å². The summed E-state index contributed by atoms with van der Waals surface area (Å²) in [6.45, 7) is 2.71. The highest BCUT2D eigenvalue weighted by Gasteiger charge is 2.00. The summed E-state index contributed by atoms with van der Waals surface area (Å²) in [5.41, 5.74) is 4.11. The fraction of sp³-hybridized carbons (Fsp3) is 0.125. The van der Waals surface area contributed by atoms with Gasteiger partial charge in [0.15, 0.2) is 0 Å². The molecule has 0 saturated heterocycles. The van der Waals surface area contributed by atoms with Crippen LogP contribution in [-0.2, 0) is 6.54 Å². The molecule has 0 atom stereocenters. The van der Waals surface area contributed by atoms with Gasteiger partial charge in [-0.1, -0.05) is 35.7 Å². The van der Waals surface area contributed by atoms with Gasteiger partial charge in [0.2, 0.25) is 0 Å². The molecule has 2 aromatic rings. The van der Waals surface area contributed by atoms with Crippen LogP contribution in [0.3, 0.4) is 0 Å². The second-order valence-corrected chi connectivity index (χ2v) is 4.58. The zero-order valence-corrected chi connectivity index (χ0v) is 11.0. The largest absolute Gasteiger partial charge is 0.381 e. The Morgan fingerprint density at radius 3 is 2.78 bits per heavy atom. The predicted octanol–water partition coefficient (Wildman–Crippen LogP) is 4.24. The lowest BCUT2D eigenvalue weighted by Crippen LogP contribution is -2.00. The molecule has 2 heteroatoms. The van der Waals surface area contributed by atoms with E-state index in [9.17, 15) is 0 Å². The molecule has 0 unspecified atom stereocenters. The molecule has 0 aliphatic heterocycles. The Morgan fingerprint density at radius 1 is 1.22 bits per heavy atom. The van der Waals surface area contributed by atoms with Crippen molar-refractivity contribution >= 4 is 17.3 Å². The Labute approximate surface area is 113 Å². The van der Waals surface area contributed by atoms with Crippen LogP contribution < -0.4 is 5.32 Å². The number of aryl methyl sites for hydroxylation is 1. The van der Waals surface area contributed by atoms with Crippen LogP contribution in [0.4, 0.5) is 5.69 Å². The zero-order chi connectivity index (χ0) is 13.0. The number of halogens is 1. The Kier molecular flexibility index (Phi) is 3.92. The summed E-state index contributed by atoms with van der Waals surface area (Å²) < 4.78 is 0. The molecular weight excluding hydrogens is 242 g/mol. The summed E-state index contributed by atoms with van der Waals surface area (Å²) in [5.74, 6) is 2.62. The fourth-order valence-electron chi connectivity index (χ4n) is 1.71. The first kappa shape index (κ1) is 12.5. The number of anilines is 1. The van der Waals surface area contributed by atoms with Crippen LogP contribution in [-0.4, -0.2) is 0 Å². The fourth-order valence-corrected chi connectivity index (χ4v) is 2.01. The Bertz CT molecular complexity index is 596. The Hall–Kier alpha value is -1.91. The molecule has 0 radical (unpaired) electrons. The second-order valence-electron chi connectivity index (χ2n) is 4.17. The molecule has 18 heavy (non-hydrogen) atoms. The van der Waals surface area contributed by atoms with Crippen molar-refractivity contribution in [3.05, 3.63) is 64.2 Å². The summed E-state index contributed by atoms with van der Waals surface area (Å²) >= 11 is 6.18. The van der Waals surface area contributed by atoms with Crippen molar-refractivity contribution in [2.45, 2.75) is 13.5 Å². The minimum atomic E-state index is 0.688. The molecule has 2 rings (SSSR count). The van der Waals surface area contributed by atoms with Crippen molar-refractivity contribution in [1.82, 2.24) is 0 Å². The van der Waals surface area contributed by atoms with Crippen LogP contribution in [0.15, 0.2) is 42.5 Å². The van der Waals surface area contributed by atoms with Crippen molar-refractivity contribution < 1.29 is 0 Å². The number of hydrogen-bond donors (Lipinski definition) is 1. The minimum Gasteiger partial charge on any atom is -0.381 e. The highest BCUT2D eigenvalue weighted by molar-refractivity contribution is 6.31. The van der Waals surface area contributed by atoms with Crippen LogP contribution in [0.25, 0.3) is 0 Å². The van der Waals surface area contributed by atoms with Crippen LogP contribution in [0.5, 0.6) is 0 Å². The third-order valence-corrected chi connectivity index (χ3v) is 3.07. The first-order valence-corrected chi connectivity index (χ1v) is 6.12. The minimum absolute atomic E-state index is 0.688. The van der Waals surface area contributed by atoms with Crippen molar-refractivity contribution in [1.29, 1.82) is 0 Å². The number of nitrogens with one attached hydrogen (secondary N) is 1. The highest BCUT2D eigenvalue weighted by atomic mass is 35.5. The molecule has 0 fully saturated rings. The first-order valence-electron chi connectivity index (χ1n) is 5.74. The van der Waals surface area contributed by atoms with Gasteiger partial charge in [-0.25, -0.2) is 0 Å². The molecular formula is C16H14ClN. The van der Waals surface area contributed by atoms with Gasteiger partial charge in [-0.15, -0.1) is 6.42 Å². The van der Waals surface area contributed by atoms with Crippen molar-refractivity contribution in [3.63, 3.8) is 0 Å². The average molecular weight is 256 g/mol. The van der Waals surface area contributed by atoms with Gasteiger partial charge in [0.25, 0.3) is 0 Å². The van der Waals surface area contributed by atoms with Crippen LogP contribution in [0.1, 0.15) is 16.7 Å². The van der Waals surface area contributed by atoms with Gasteiger partial charge in [0, 0.05) is 22.8 Å². The van der Waals surface area contributed by atoms with Crippen molar-refractivity contribution in [2.24, 2.45) is 0 Å². The summed E-state index contributed by atoms with van der Waals surface area (Å²) in [7, 11) is 0. The standard InChI is InChI=1S/C16H14ClN/c1-3-13-5-4-6-15(10-13)18-11-14-8-7-12(2)9-16(14)17/h1,4-10,18H,11H2,2H3. The van der Waals surface area contributed by atoms with Crippen LogP contribution in [0, 0.1) is 19.3 Å². The predicted molar refractivity (Wildman–Crippen MR) is 77.9 cm³/mol. The number of hydrogen-bond acceptors (Lipinski definition) is 1. The highest BCUT2D eigenvalue weighted by Crippen LogP contribution is 2.19. The van der Waals surface area contributed by atoms with Crippen molar-refractivity contribution in [2.75, 3.05) is 5.32 Å². The van der Waals surface area contributed by atoms with Gasteiger partial charge >= 0.3 is 0 Å². The van der Waals surface area contributed by atoms with E-state index in [4.69, 9.17) is 18.0 Å². The average Bonchev–Trinajstić information content (AvgIpc) is 2.38. The second kappa shape index (κ2) is 5.62. The number of benzene rings is 2. The molecule has 0 heterocycles. The number of terminal acetylenes is 1. The molecule has 1 nitrogen and oxygen atoms in total. The molecule has 0 spiro atoms. The SMILES string of the molecule is C#Cc1cccc(NCc2ccc(C)cc2Cl)c1. The maximum Gasteiger partial charge on any atom is 0.0458 e. The summed E-state index contributed by atoms with van der Waals surface area (Å²) in [6.07, 6.45) is 5.37. The zero-order valence-electron chi connectivity index (χ0n) is 10.2. The Morgan fingerprint density at radius 2 is 2.06 bits per heavy atom. The van der Waals surface area contributed by atoms with E-state index < -0.39 is 0 Å². The lowest BCUT2D eigenvalue weighted by molar-refractivity contribution is 1.14. The molecule has 0 bridgehead atoms. The monoisotopic (exact) mass is 255 g/mol. The first-order chi connectivity index (χ1) is 8.69. The van der Waals surface area contributed by atoms with E-state index in [-0.39, 0.29) is 0 Å². The van der Waals surface area contributed by atoms with Gasteiger partial charge in [-0.3, -0.25) is 0 Å². The van der Waals surface area contributed by atoms with Crippen molar-refractivity contribution in [3.8, 4) is 12.3 Å². The maximum atomic E-state index is 6.18. The molecule has 0 aliphatic carbocycles. The topological polar surface area (TPSA) is 12.0 Å². The molecule has 90 valence electrons. The van der Waals surface area contributed by atoms with E-state index in [1.165, 1.54) is 0 Å². The van der Waals surface area contributed by atoms with E-state index >= 15 is 0 Å². The third-order valence-electron chi connectivity index (χ3n) is 2.72. The lowest BCUT2D eigenvalue weighted by atomic mass is 10.1. The number of rotatable bonds is 3. The van der Waals surface area contributed by atoms with Crippen LogP contribution >= 0.6 is 11.6 Å². The summed E-state index contributed by atoms with van der Waals surface area (Å²) in [5, 5.41) is 4.10. The lowest BCUT2D eigenvalue weighted by Gasteiger charge is -2.09. The third kappa shape index (κ3) is 3.06. The van der Waals surface area contributed by atoms with Gasteiger partial charge in [-0.05, 0) is 42.3 Å². The van der Waals surface area contributed by atoms with Gasteiger partial charge in [-0.2, -0.15) is 0 Å². The van der Waals surface area contributed by atoms with Crippen LogP contribution in [0.2, 0.25) is 5.02 Å². The van der Waals surface area contributed by atoms with E-state index in [1.54, 1.807) is 0 Å². The van der Waals surface area contributed by atoms with E-state index in [2.05, 4.69) is 17.3 Å². The van der Waals surface area contributed by atoms with Gasteiger partial charge < -0.3 is 5.32 Å². The molecule has 1 N–H and O–H groups in total. The summed E-state index contributed by atoms with van der Waals surface area (Å²) in [6, 6.07) is 13.8. The molecule has 0 aliphatic rings. The Balaban J connectivity index is 2.09. The maximum absolute atomic E-state index is 6.18. The summed E-state index contributed by atoms with van der Waals surface area (Å²) in [4.78, 5) is 0. The van der Waals surface area contributed by atoms with Gasteiger partial charge in [0.05, 0.1) is 0 Å².